The third kappa shape index (κ3) is 3.55. The molecule has 0 radical (unpaired) electrons. The summed E-state index contributed by atoms with van der Waals surface area (Å²) >= 11 is 0. The molecular weight excluding hydrogens is 256 g/mol. The number of aliphatic hydroxyl groups excluding tert-OH is 1. The molecule has 0 aliphatic carbocycles. The Morgan fingerprint density at radius 2 is 2.30 bits per heavy atom. The molecule has 108 valence electrons. The molecule has 20 heavy (non-hydrogen) atoms. The standard InChI is InChI=1S/C14H20N4O2/c1-11-13(10-16-7-4-8-19)14(18(2)17-11)20-12-5-3-6-15-9-12/h3,5-6,9,16,19H,4,7-8,10H2,1-2H3. The van der Waals surface area contributed by atoms with E-state index in [1.807, 2.05) is 26.1 Å². The first kappa shape index (κ1) is 14.5. The third-order valence-corrected chi connectivity index (χ3v) is 2.95. The van der Waals surface area contributed by atoms with Crippen molar-refractivity contribution in [2.24, 2.45) is 7.05 Å². The Bertz CT molecular complexity index is 540. The summed E-state index contributed by atoms with van der Waals surface area (Å²) in [5.74, 6) is 1.40. The Morgan fingerprint density at radius 1 is 1.45 bits per heavy atom. The summed E-state index contributed by atoms with van der Waals surface area (Å²) in [5, 5.41) is 16.4. The molecule has 2 aromatic heterocycles. The quantitative estimate of drug-likeness (QED) is 0.748. The molecular formula is C14H20N4O2. The van der Waals surface area contributed by atoms with E-state index in [4.69, 9.17) is 9.84 Å². The van der Waals surface area contributed by atoms with Crippen molar-refractivity contribution in [3.8, 4) is 11.6 Å². The maximum atomic E-state index is 8.78. The smallest absolute Gasteiger partial charge is 0.222 e. The Hall–Kier alpha value is -1.92. The summed E-state index contributed by atoms with van der Waals surface area (Å²) < 4.78 is 7.59. The molecule has 0 spiro atoms. The number of aromatic nitrogens is 3. The van der Waals surface area contributed by atoms with Crippen molar-refractivity contribution in [1.82, 2.24) is 20.1 Å². The SMILES string of the molecule is Cc1nn(C)c(Oc2cccnc2)c1CNCCCO. The molecule has 2 N–H and O–H groups in total. The summed E-state index contributed by atoms with van der Waals surface area (Å²) in [6.45, 7) is 3.57. The molecule has 2 rings (SSSR count). The highest BCUT2D eigenvalue weighted by molar-refractivity contribution is 5.34. The average molecular weight is 276 g/mol. The number of rotatable bonds is 7. The summed E-state index contributed by atoms with van der Waals surface area (Å²) in [7, 11) is 1.86. The normalized spacial score (nSPS) is 10.8. The van der Waals surface area contributed by atoms with Gasteiger partial charge < -0.3 is 15.2 Å². The minimum Gasteiger partial charge on any atom is -0.437 e. The van der Waals surface area contributed by atoms with Crippen LogP contribution in [0.4, 0.5) is 0 Å². The van der Waals surface area contributed by atoms with Gasteiger partial charge in [0.15, 0.2) is 0 Å². The minimum absolute atomic E-state index is 0.193. The van der Waals surface area contributed by atoms with E-state index in [0.717, 1.165) is 24.2 Å². The highest BCUT2D eigenvalue weighted by Crippen LogP contribution is 2.26. The number of hydrogen-bond donors (Lipinski definition) is 2. The van der Waals surface area contributed by atoms with Crippen molar-refractivity contribution < 1.29 is 9.84 Å². The lowest BCUT2D eigenvalue weighted by Gasteiger charge is -2.09. The summed E-state index contributed by atoms with van der Waals surface area (Å²) in [5.41, 5.74) is 1.96. The van der Waals surface area contributed by atoms with Gasteiger partial charge in [0.05, 0.1) is 17.5 Å². The molecule has 0 saturated carbocycles. The molecule has 2 heterocycles. The summed E-state index contributed by atoms with van der Waals surface area (Å²) in [6, 6.07) is 3.69. The first-order valence-electron chi connectivity index (χ1n) is 6.64. The lowest BCUT2D eigenvalue weighted by Crippen LogP contribution is -2.16. The van der Waals surface area contributed by atoms with E-state index >= 15 is 0 Å². The van der Waals surface area contributed by atoms with Gasteiger partial charge in [-0.05, 0) is 32.0 Å². The Labute approximate surface area is 118 Å². The Morgan fingerprint density at radius 3 is 3.00 bits per heavy atom. The average Bonchev–Trinajstić information content (AvgIpc) is 2.71. The number of nitrogens with one attached hydrogen (secondary N) is 1. The van der Waals surface area contributed by atoms with Crippen molar-refractivity contribution >= 4 is 0 Å². The van der Waals surface area contributed by atoms with Gasteiger partial charge in [-0.15, -0.1) is 0 Å². The maximum absolute atomic E-state index is 8.78. The lowest BCUT2D eigenvalue weighted by molar-refractivity contribution is 0.286. The molecule has 6 heteroatoms. The zero-order chi connectivity index (χ0) is 14.4. The van der Waals surface area contributed by atoms with E-state index < -0.39 is 0 Å². The molecule has 0 bridgehead atoms. The molecule has 0 aliphatic rings. The van der Waals surface area contributed by atoms with Crippen molar-refractivity contribution in [3.05, 3.63) is 35.8 Å². The number of aryl methyl sites for hydroxylation is 2. The maximum Gasteiger partial charge on any atom is 0.222 e. The zero-order valence-electron chi connectivity index (χ0n) is 11.8. The van der Waals surface area contributed by atoms with Gasteiger partial charge in [-0.25, -0.2) is 4.68 Å². The fourth-order valence-electron chi connectivity index (χ4n) is 1.95. The second-order valence-corrected chi connectivity index (χ2v) is 4.54. The van der Waals surface area contributed by atoms with Crippen molar-refractivity contribution in [1.29, 1.82) is 0 Å². The van der Waals surface area contributed by atoms with E-state index in [1.54, 1.807) is 17.1 Å². The van der Waals surface area contributed by atoms with Crippen LogP contribution in [0, 0.1) is 6.92 Å². The predicted octanol–water partition coefficient (Wildman–Crippen LogP) is 1.39. The van der Waals surface area contributed by atoms with E-state index in [9.17, 15) is 0 Å². The predicted molar refractivity (Wildman–Crippen MR) is 75.7 cm³/mol. The van der Waals surface area contributed by atoms with Gasteiger partial charge in [0, 0.05) is 26.4 Å². The number of aliphatic hydroxyl groups is 1. The Kier molecular flexibility index (Phi) is 5.09. The van der Waals surface area contributed by atoms with Crippen LogP contribution in [0.3, 0.4) is 0 Å². The van der Waals surface area contributed by atoms with Gasteiger partial charge in [0.25, 0.3) is 0 Å². The molecule has 0 aromatic carbocycles. The van der Waals surface area contributed by atoms with Crippen LogP contribution in [0.2, 0.25) is 0 Å². The van der Waals surface area contributed by atoms with Crippen LogP contribution in [-0.4, -0.2) is 33.0 Å². The van der Waals surface area contributed by atoms with Crippen molar-refractivity contribution in [2.75, 3.05) is 13.2 Å². The van der Waals surface area contributed by atoms with E-state index in [0.29, 0.717) is 18.2 Å². The van der Waals surface area contributed by atoms with E-state index in [1.165, 1.54) is 0 Å². The van der Waals surface area contributed by atoms with Crippen LogP contribution >= 0.6 is 0 Å². The first-order valence-corrected chi connectivity index (χ1v) is 6.64. The van der Waals surface area contributed by atoms with E-state index in [-0.39, 0.29) is 6.61 Å². The lowest BCUT2D eigenvalue weighted by atomic mass is 10.2. The second kappa shape index (κ2) is 7.02. The number of hydrogen-bond acceptors (Lipinski definition) is 5. The van der Waals surface area contributed by atoms with Gasteiger partial charge in [-0.2, -0.15) is 5.10 Å². The van der Waals surface area contributed by atoms with Crippen LogP contribution in [0.1, 0.15) is 17.7 Å². The number of ether oxygens (including phenoxy) is 1. The van der Waals surface area contributed by atoms with Crippen LogP contribution in [0.15, 0.2) is 24.5 Å². The summed E-state index contributed by atoms with van der Waals surface area (Å²) in [4.78, 5) is 4.04. The van der Waals surface area contributed by atoms with Crippen LogP contribution in [0.25, 0.3) is 0 Å². The monoisotopic (exact) mass is 276 g/mol. The van der Waals surface area contributed by atoms with E-state index in [2.05, 4.69) is 15.4 Å². The van der Waals surface area contributed by atoms with Crippen LogP contribution < -0.4 is 10.1 Å². The molecule has 0 atom stereocenters. The Balaban J connectivity index is 2.11. The topological polar surface area (TPSA) is 72.2 Å². The van der Waals surface area contributed by atoms with Crippen LogP contribution in [-0.2, 0) is 13.6 Å². The third-order valence-electron chi connectivity index (χ3n) is 2.95. The fraction of sp³-hybridized carbons (Fsp3) is 0.429. The van der Waals surface area contributed by atoms with Gasteiger partial charge in [0.2, 0.25) is 5.88 Å². The highest BCUT2D eigenvalue weighted by Gasteiger charge is 2.15. The van der Waals surface area contributed by atoms with Gasteiger partial charge in [-0.1, -0.05) is 0 Å². The fourth-order valence-corrected chi connectivity index (χ4v) is 1.95. The molecule has 6 nitrogen and oxygen atoms in total. The molecule has 0 aliphatic heterocycles. The van der Waals surface area contributed by atoms with Gasteiger partial charge in [0.1, 0.15) is 5.75 Å². The zero-order valence-corrected chi connectivity index (χ0v) is 11.8. The van der Waals surface area contributed by atoms with Gasteiger partial charge >= 0.3 is 0 Å². The first-order chi connectivity index (χ1) is 9.72. The van der Waals surface area contributed by atoms with Crippen molar-refractivity contribution in [2.45, 2.75) is 19.9 Å². The second-order valence-electron chi connectivity index (χ2n) is 4.54. The van der Waals surface area contributed by atoms with Crippen LogP contribution in [0.5, 0.6) is 11.6 Å². The molecule has 2 aromatic rings. The summed E-state index contributed by atoms with van der Waals surface area (Å²) in [6.07, 6.45) is 4.11. The molecule has 0 amide bonds. The number of pyridine rings is 1. The highest BCUT2D eigenvalue weighted by atomic mass is 16.5. The minimum atomic E-state index is 0.193. The van der Waals surface area contributed by atoms with Crippen molar-refractivity contribution in [3.63, 3.8) is 0 Å². The largest absolute Gasteiger partial charge is 0.437 e. The van der Waals surface area contributed by atoms with Gasteiger partial charge in [-0.3, -0.25) is 4.98 Å². The molecule has 0 saturated heterocycles. The number of nitrogens with zero attached hydrogens (tertiary/aromatic N) is 3. The molecule has 0 unspecified atom stereocenters. The molecule has 0 fully saturated rings.